The Morgan fingerprint density at radius 2 is 1.92 bits per heavy atom. The van der Waals surface area contributed by atoms with Crippen molar-refractivity contribution in [1.82, 2.24) is 19.7 Å². The summed E-state index contributed by atoms with van der Waals surface area (Å²) in [7, 11) is 1.86. The minimum atomic E-state index is 0.278. The number of benzene rings is 1. The number of rotatable bonds is 4. The van der Waals surface area contributed by atoms with Gasteiger partial charge in [0.15, 0.2) is 5.65 Å². The topological polar surface area (TPSA) is 82.1 Å². The zero-order chi connectivity index (χ0) is 17.2. The van der Waals surface area contributed by atoms with Crippen molar-refractivity contribution in [2.45, 2.75) is 25.6 Å². The Labute approximate surface area is 146 Å². The van der Waals surface area contributed by atoms with Gasteiger partial charge in [-0.1, -0.05) is 30.3 Å². The number of fused-ring (bicyclic) bond motifs is 1. The van der Waals surface area contributed by atoms with E-state index in [1.54, 1.807) is 4.68 Å². The molecule has 0 bridgehead atoms. The van der Waals surface area contributed by atoms with Crippen molar-refractivity contribution in [2.75, 3.05) is 23.7 Å². The van der Waals surface area contributed by atoms with Crippen LogP contribution in [0.1, 0.15) is 18.4 Å². The van der Waals surface area contributed by atoms with Crippen LogP contribution in [0.25, 0.3) is 11.0 Å². The molecule has 7 nitrogen and oxygen atoms in total. The number of piperidine rings is 1. The van der Waals surface area contributed by atoms with Gasteiger partial charge in [-0.2, -0.15) is 15.1 Å². The third-order valence-electron chi connectivity index (χ3n) is 4.66. The van der Waals surface area contributed by atoms with Gasteiger partial charge in [0.1, 0.15) is 5.82 Å². The maximum atomic E-state index is 6.07. The van der Waals surface area contributed by atoms with Crippen LogP contribution >= 0.6 is 0 Å². The molecular formula is C18H22N6O. The first-order valence-corrected chi connectivity index (χ1v) is 8.56. The molecule has 1 aromatic carbocycles. The maximum Gasteiger partial charge on any atom is 0.224 e. The van der Waals surface area contributed by atoms with E-state index in [0.717, 1.165) is 42.8 Å². The van der Waals surface area contributed by atoms with Crippen molar-refractivity contribution in [3.8, 4) is 0 Å². The number of nitrogens with two attached hydrogens (primary N) is 1. The molecule has 1 saturated heterocycles. The maximum absolute atomic E-state index is 6.07. The summed E-state index contributed by atoms with van der Waals surface area (Å²) in [5.41, 5.74) is 7.87. The minimum absolute atomic E-state index is 0.278. The first kappa shape index (κ1) is 15.8. The van der Waals surface area contributed by atoms with Gasteiger partial charge in [0.25, 0.3) is 0 Å². The lowest BCUT2D eigenvalue weighted by molar-refractivity contribution is 0.0251. The molecule has 0 radical (unpaired) electrons. The SMILES string of the molecule is Cn1ncc2c(N3CCC(OCc4ccccc4)CC3)nc(N)nc21. The largest absolute Gasteiger partial charge is 0.373 e. The minimum Gasteiger partial charge on any atom is -0.373 e. The van der Waals surface area contributed by atoms with E-state index in [-0.39, 0.29) is 12.1 Å². The van der Waals surface area contributed by atoms with E-state index in [0.29, 0.717) is 6.61 Å². The fourth-order valence-electron chi connectivity index (χ4n) is 3.29. The van der Waals surface area contributed by atoms with Crippen molar-refractivity contribution >= 4 is 22.8 Å². The van der Waals surface area contributed by atoms with E-state index in [1.807, 2.05) is 31.4 Å². The third-order valence-corrected chi connectivity index (χ3v) is 4.66. The Bertz CT molecular complexity index is 855. The molecule has 0 spiro atoms. The Balaban J connectivity index is 1.42. The summed E-state index contributed by atoms with van der Waals surface area (Å²) >= 11 is 0. The Morgan fingerprint density at radius 1 is 1.16 bits per heavy atom. The van der Waals surface area contributed by atoms with Crippen LogP contribution in [0.4, 0.5) is 11.8 Å². The lowest BCUT2D eigenvalue weighted by atomic mass is 10.1. The second-order valence-corrected chi connectivity index (χ2v) is 6.39. The van der Waals surface area contributed by atoms with Crippen LogP contribution in [0.15, 0.2) is 36.5 Å². The molecule has 7 heteroatoms. The smallest absolute Gasteiger partial charge is 0.224 e. The molecule has 3 heterocycles. The van der Waals surface area contributed by atoms with E-state index < -0.39 is 0 Å². The van der Waals surface area contributed by atoms with Crippen LogP contribution in [-0.2, 0) is 18.4 Å². The molecule has 0 saturated carbocycles. The van der Waals surface area contributed by atoms with Crippen molar-refractivity contribution in [2.24, 2.45) is 7.05 Å². The molecule has 1 aliphatic rings. The summed E-state index contributed by atoms with van der Waals surface area (Å²) in [6.07, 6.45) is 4.03. The van der Waals surface area contributed by atoms with Crippen molar-refractivity contribution in [3.05, 3.63) is 42.1 Å². The van der Waals surface area contributed by atoms with Gasteiger partial charge < -0.3 is 15.4 Å². The van der Waals surface area contributed by atoms with Gasteiger partial charge in [0, 0.05) is 20.1 Å². The zero-order valence-electron chi connectivity index (χ0n) is 14.3. The quantitative estimate of drug-likeness (QED) is 0.785. The monoisotopic (exact) mass is 338 g/mol. The van der Waals surface area contributed by atoms with Crippen LogP contribution in [0, 0.1) is 0 Å². The number of nitrogens with zero attached hydrogens (tertiary/aromatic N) is 5. The van der Waals surface area contributed by atoms with E-state index in [9.17, 15) is 0 Å². The summed E-state index contributed by atoms with van der Waals surface area (Å²) < 4.78 is 7.80. The van der Waals surface area contributed by atoms with E-state index >= 15 is 0 Å². The van der Waals surface area contributed by atoms with E-state index in [4.69, 9.17) is 10.5 Å². The van der Waals surface area contributed by atoms with Gasteiger partial charge in [-0.05, 0) is 18.4 Å². The number of anilines is 2. The first-order valence-electron chi connectivity index (χ1n) is 8.56. The molecule has 130 valence electrons. The van der Waals surface area contributed by atoms with Crippen LogP contribution in [0.2, 0.25) is 0 Å². The fraction of sp³-hybridized carbons (Fsp3) is 0.389. The normalized spacial score (nSPS) is 15.8. The lowest BCUT2D eigenvalue weighted by Gasteiger charge is -2.33. The van der Waals surface area contributed by atoms with Gasteiger partial charge >= 0.3 is 0 Å². The standard InChI is InChI=1S/C18H22N6O/c1-23-16-15(11-20-23)17(22-18(19)21-16)24-9-7-14(8-10-24)25-12-13-5-3-2-4-6-13/h2-6,11,14H,7-10,12H2,1H3,(H2,19,21,22). The summed E-state index contributed by atoms with van der Waals surface area (Å²) in [4.78, 5) is 11.0. The van der Waals surface area contributed by atoms with Gasteiger partial charge in [0.2, 0.25) is 5.95 Å². The molecule has 25 heavy (non-hydrogen) atoms. The molecule has 1 fully saturated rings. The molecular weight excluding hydrogens is 316 g/mol. The van der Waals surface area contributed by atoms with Crippen LogP contribution < -0.4 is 10.6 Å². The highest BCUT2D eigenvalue weighted by Crippen LogP contribution is 2.27. The summed E-state index contributed by atoms with van der Waals surface area (Å²) in [6.45, 7) is 2.44. The lowest BCUT2D eigenvalue weighted by Crippen LogP contribution is -2.37. The van der Waals surface area contributed by atoms with Crippen LogP contribution in [0.3, 0.4) is 0 Å². The molecule has 2 aromatic heterocycles. The highest BCUT2D eigenvalue weighted by atomic mass is 16.5. The highest BCUT2D eigenvalue weighted by molar-refractivity contribution is 5.87. The Morgan fingerprint density at radius 3 is 2.68 bits per heavy atom. The highest BCUT2D eigenvalue weighted by Gasteiger charge is 2.23. The summed E-state index contributed by atoms with van der Waals surface area (Å²) in [5, 5.41) is 5.22. The van der Waals surface area contributed by atoms with Crippen molar-refractivity contribution in [1.29, 1.82) is 0 Å². The molecule has 4 rings (SSSR count). The second-order valence-electron chi connectivity index (χ2n) is 6.39. The van der Waals surface area contributed by atoms with Gasteiger partial charge in [-0.25, -0.2) is 0 Å². The van der Waals surface area contributed by atoms with Crippen molar-refractivity contribution < 1.29 is 4.74 Å². The average molecular weight is 338 g/mol. The summed E-state index contributed by atoms with van der Waals surface area (Å²) in [6, 6.07) is 10.3. The fourth-order valence-corrected chi connectivity index (χ4v) is 3.29. The Hall–Kier alpha value is -2.67. The van der Waals surface area contributed by atoms with Crippen molar-refractivity contribution in [3.63, 3.8) is 0 Å². The van der Waals surface area contributed by atoms with E-state index in [1.165, 1.54) is 5.56 Å². The van der Waals surface area contributed by atoms with Gasteiger partial charge in [-0.15, -0.1) is 0 Å². The second kappa shape index (κ2) is 6.68. The summed E-state index contributed by atoms with van der Waals surface area (Å²) in [5.74, 6) is 1.16. The first-order chi connectivity index (χ1) is 12.2. The number of aryl methyl sites for hydroxylation is 1. The predicted octanol–water partition coefficient (Wildman–Crippen LogP) is 2.13. The zero-order valence-corrected chi connectivity index (χ0v) is 14.3. The number of aromatic nitrogens is 4. The molecule has 2 N–H and O–H groups in total. The van der Waals surface area contributed by atoms with Gasteiger partial charge in [0.05, 0.1) is 24.3 Å². The van der Waals surface area contributed by atoms with Crippen LogP contribution in [0.5, 0.6) is 0 Å². The molecule has 0 aliphatic carbocycles. The molecule has 0 amide bonds. The molecule has 1 aliphatic heterocycles. The number of hydrogen-bond donors (Lipinski definition) is 1. The molecule has 0 atom stereocenters. The van der Waals surface area contributed by atoms with Crippen LogP contribution in [-0.4, -0.2) is 38.9 Å². The number of hydrogen-bond acceptors (Lipinski definition) is 6. The number of ether oxygens (including phenoxy) is 1. The Kier molecular flexibility index (Phi) is 4.23. The predicted molar refractivity (Wildman–Crippen MR) is 97.2 cm³/mol. The average Bonchev–Trinajstić information content (AvgIpc) is 3.02. The van der Waals surface area contributed by atoms with Gasteiger partial charge in [-0.3, -0.25) is 4.68 Å². The molecule has 0 unspecified atom stereocenters. The third kappa shape index (κ3) is 3.28. The van der Waals surface area contributed by atoms with E-state index in [2.05, 4.69) is 32.1 Å². The number of nitrogen functional groups attached to an aromatic ring is 1. The molecule has 3 aromatic rings.